The fourth-order valence-electron chi connectivity index (χ4n) is 4.89. The number of anilines is 1. The number of aliphatic hydroxyl groups excluding tert-OH is 1. The van der Waals surface area contributed by atoms with Crippen LogP contribution in [-0.2, 0) is 9.59 Å². The Kier molecular flexibility index (Phi) is 8.03. The SMILES string of the molecule is C=CCOc1ccc(C2C(C(=O)/C=C/c3ccccc3)=C(O)C(=O)N2c2nc3c(C)cc(C)cc3s2)cc1OCC. The number of hydrogen-bond acceptors (Lipinski definition) is 7. The largest absolute Gasteiger partial charge is 0.503 e. The van der Waals surface area contributed by atoms with Gasteiger partial charge in [-0.25, -0.2) is 4.98 Å². The molecule has 1 amide bonds. The number of hydrogen-bond donors (Lipinski definition) is 1. The Morgan fingerprint density at radius 3 is 2.61 bits per heavy atom. The molecule has 4 aromatic rings. The van der Waals surface area contributed by atoms with Gasteiger partial charge in [-0.2, -0.15) is 0 Å². The van der Waals surface area contributed by atoms with Gasteiger partial charge in [-0.05, 0) is 67.3 Å². The number of aromatic nitrogens is 1. The summed E-state index contributed by atoms with van der Waals surface area (Å²) in [5.74, 6) is -0.819. The summed E-state index contributed by atoms with van der Waals surface area (Å²) in [6.07, 6.45) is 4.67. The second kappa shape index (κ2) is 11.8. The highest BCUT2D eigenvalue weighted by Crippen LogP contribution is 2.45. The minimum Gasteiger partial charge on any atom is -0.503 e. The molecular weight excluding hydrogens is 536 g/mol. The number of benzene rings is 3. The molecule has 5 rings (SSSR count). The van der Waals surface area contributed by atoms with E-state index in [4.69, 9.17) is 14.5 Å². The van der Waals surface area contributed by atoms with Crippen molar-refractivity contribution in [3.8, 4) is 11.5 Å². The van der Waals surface area contributed by atoms with Crippen molar-refractivity contribution in [1.29, 1.82) is 0 Å². The lowest BCUT2D eigenvalue weighted by Crippen LogP contribution is -2.30. The van der Waals surface area contributed by atoms with Crippen LogP contribution in [0.2, 0.25) is 0 Å². The first-order chi connectivity index (χ1) is 19.8. The predicted octanol–water partition coefficient (Wildman–Crippen LogP) is 7.06. The first kappa shape index (κ1) is 27.9. The summed E-state index contributed by atoms with van der Waals surface area (Å²) in [5, 5.41) is 11.5. The summed E-state index contributed by atoms with van der Waals surface area (Å²) in [6, 6.07) is 17.7. The molecule has 7 nitrogen and oxygen atoms in total. The van der Waals surface area contributed by atoms with Crippen molar-refractivity contribution in [3.63, 3.8) is 0 Å². The van der Waals surface area contributed by atoms with Crippen LogP contribution in [-0.4, -0.2) is 35.0 Å². The highest BCUT2D eigenvalue weighted by molar-refractivity contribution is 7.22. The van der Waals surface area contributed by atoms with Gasteiger partial charge in [-0.15, -0.1) is 0 Å². The van der Waals surface area contributed by atoms with Crippen molar-refractivity contribution < 1.29 is 24.2 Å². The summed E-state index contributed by atoms with van der Waals surface area (Å²) in [4.78, 5) is 33.5. The second-order valence-electron chi connectivity index (χ2n) is 9.61. The van der Waals surface area contributed by atoms with E-state index in [0.29, 0.717) is 28.8 Å². The molecule has 0 saturated carbocycles. The zero-order valence-electron chi connectivity index (χ0n) is 23.1. The van der Waals surface area contributed by atoms with Crippen molar-refractivity contribution in [2.75, 3.05) is 18.1 Å². The molecule has 0 aliphatic carbocycles. The molecule has 0 fully saturated rings. The minimum absolute atomic E-state index is 0.0310. The van der Waals surface area contributed by atoms with E-state index in [1.807, 2.05) is 63.2 Å². The molecule has 1 N–H and O–H groups in total. The fourth-order valence-corrected chi connectivity index (χ4v) is 6.06. The highest BCUT2D eigenvalue weighted by Gasteiger charge is 2.45. The first-order valence-electron chi connectivity index (χ1n) is 13.2. The second-order valence-corrected chi connectivity index (χ2v) is 10.6. The van der Waals surface area contributed by atoms with Crippen molar-refractivity contribution in [2.24, 2.45) is 0 Å². The van der Waals surface area contributed by atoms with Crippen LogP contribution < -0.4 is 14.4 Å². The number of rotatable bonds is 10. The van der Waals surface area contributed by atoms with Crippen LogP contribution in [0.4, 0.5) is 5.13 Å². The van der Waals surface area contributed by atoms with E-state index in [9.17, 15) is 14.7 Å². The Labute approximate surface area is 242 Å². The summed E-state index contributed by atoms with van der Waals surface area (Å²) in [7, 11) is 0. The number of carbonyl (C=O) groups is 2. The number of aryl methyl sites for hydroxylation is 2. The molecule has 0 bridgehead atoms. The van der Waals surface area contributed by atoms with Crippen LogP contribution >= 0.6 is 11.3 Å². The molecule has 208 valence electrons. The molecule has 1 aromatic heterocycles. The van der Waals surface area contributed by atoms with Crippen LogP contribution in [0.5, 0.6) is 11.5 Å². The van der Waals surface area contributed by atoms with E-state index in [1.54, 1.807) is 30.4 Å². The molecule has 3 aromatic carbocycles. The summed E-state index contributed by atoms with van der Waals surface area (Å²) >= 11 is 1.34. The Balaban J connectivity index is 1.64. The lowest BCUT2D eigenvalue weighted by molar-refractivity contribution is -0.117. The quantitative estimate of drug-likeness (QED) is 0.163. The number of nitrogens with zero attached hydrogens (tertiary/aromatic N) is 2. The predicted molar refractivity (Wildman–Crippen MR) is 163 cm³/mol. The van der Waals surface area contributed by atoms with Gasteiger partial charge in [0.2, 0.25) is 0 Å². The van der Waals surface area contributed by atoms with Gasteiger partial charge in [0, 0.05) is 0 Å². The number of amides is 1. The van der Waals surface area contributed by atoms with E-state index in [-0.39, 0.29) is 12.2 Å². The number of allylic oxidation sites excluding steroid dienone is 1. The topological polar surface area (TPSA) is 89.0 Å². The summed E-state index contributed by atoms with van der Waals surface area (Å²) in [6.45, 7) is 10.2. The normalized spacial score (nSPS) is 15.2. The maximum Gasteiger partial charge on any atom is 0.296 e. The third-order valence-electron chi connectivity index (χ3n) is 6.66. The zero-order chi connectivity index (χ0) is 29.1. The standard InChI is InChI=1S/C33H30N2O5S/c1-5-16-40-25-15-13-23(19-26(25)39-6-2)30-28(24(36)14-12-22-10-8-7-9-11-22)31(37)32(38)35(30)33-34-29-21(4)17-20(3)18-27(29)41-33/h5,7-15,17-19,30,37H,1,6,16H2,2-4H3/b14-12+. The van der Waals surface area contributed by atoms with Crippen molar-refractivity contribution >= 4 is 44.5 Å². The van der Waals surface area contributed by atoms with Gasteiger partial charge in [0.15, 0.2) is 28.2 Å². The average Bonchev–Trinajstić information content (AvgIpc) is 3.50. The smallest absolute Gasteiger partial charge is 0.296 e. The summed E-state index contributed by atoms with van der Waals surface area (Å²) < 4.78 is 12.5. The summed E-state index contributed by atoms with van der Waals surface area (Å²) in [5.41, 5.74) is 4.18. The van der Waals surface area contributed by atoms with Crippen molar-refractivity contribution in [2.45, 2.75) is 26.8 Å². The Morgan fingerprint density at radius 1 is 1.10 bits per heavy atom. The molecule has 0 saturated heterocycles. The zero-order valence-corrected chi connectivity index (χ0v) is 23.9. The third kappa shape index (κ3) is 5.51. The number of ether oxygens (including phenoxy) is 2. The monoisotopic (exact) mass is 566 g/mol. The van der Waals surface area contributed by atoms with Crippen LogP contribution in [0.25, 0.3) is 16.3 Å². The van der Waals surface area contributed by atoms with Gasteiger partial charge in [0.25, 0.3) is 5.91 Å². The maximum absolute atomic E-state index is 13.7. The van der Waals surface area contributed by atoms with Crippen LogP contribution in [0.3, 0.4) is 0 Å². The van der Waals surface area contributed by atoms with Gasteiger partial charge < -0.3 is 14.6 Å². The average molecular weight is 567 g/mol. The molecule has 1 atom stereocenters. The Morgan fingerprint density at radius 2 is 1.88 bits per heavy atom. The van der Waals surface area contributed by atoms with E-state index in [2.05, 4.69) is 6.58 Å². The lowest BCUT2D eigenvalue weighted by atomic mass is 9.95. The number of ketones is 1. The van der Waals surface area contributed by atoms with Crippen LogP contribution in [0.15, 0.2) is 90.7 Å². The van der Waals surface area contributed by atoms with Crippen molar-refractivity contribution in [1.82, 2.24) is 4.98 Å². The molecule has 1 aliphatic heterocycles. The highest BCUT2D eigenvalue weighted by atomic mass is 32.1. The van der Waals surface area contributed by atoms with Gasteiger partial charge in [-0.1, -0.05) is 72.5 Å². The lowest BCUT2D eigenvalue weighted by Gasteiger charge is -2.25. The first-order valence-corrected chi connectivity index (χ1v) is 14.1. The van der Waals surface area contributed by atoms with Gasteiger partial charge in [0.1, 0.15) is 6.61 Å². The molecular formula is C33H30N2O5S. The molecule has 41 heavy (non-hydrogen) atoms. The van der Waals surface area contributed by atoms with Crippen molar-refractivity contribution in [3.05, 3.63) is 113 Å². The number of thiazole rings is 1. The molecule has 1 aliphatic rings. The molecule has 0 spiro atoms. The van der Waals surface area contributed by atoms with E-state index >= 15 is 0 Å². The minimum atomic E-state index is -0.940. The number of carbonyl (C=O) groups excluding carboxylic acids is 2. The fraction of sp³-hybridized carbons (Fsp3) is 0.182. The van der Waals surface area contributed by atoms with Gasteiger partial charge in [-0.3, -0.25) is 14.5 Å². The Hall–Kier alpha value is -4.69. The van der Waals surface area contributed by atoms with Crippen LogP contribution in [0.1, 0.15) is 35.2 Å². The number of fused-ring (bicyclic) bond motifs is 1. The van der Waals surface area contributed by atoms with E-state index < -0.39 is 23.5 Å². The van der Waals surface area contributed by atoms with E-state index in [0.717, 1.165) is 26.9 Å². The van der Waals surface area contributed by atoms with Crippen LogP contribution in [0, 0.1) is 13.8 Å². The third-order valence-corrected chi connectivity index (χ3v) is 7.67. The van der Waals surface area contributed by atoms with E-state index in [1.165, 1.54) is 22.3 Å². The van der Waals surface area contributed by atoms with Gasteiger partial charge in [0.05, 0.1) is 28.4 Å². The Bertz CT molecular complexity index is 1700. The molecule has 8 heteroatoms. The number of aliphatic hydroxyl groups is 1. The molecule has 2 heterocycles. The van der Waals surface area contributed by atoms with Gasteiger partial charge >= 0.3 is 0 Å². The molecule has 0 radical (unpaired) electrons. The maximum atomic E-state index is 13.7. The molecule has 1 unspecified atom stereocenters.